The van der Waals surface area contributed by atoms with Crippen molar-refractivity contribution in [3.8, 4) is 5.69 Å². The van der Waals surface area contributed by atoms with Gasteiger partial charge in [-0.05, 0) is 18.2 Å². The van der Waals surface area contributed by atoms with E-state index in [1.165, 1.54) is 10.9 Å². The molecule has 0 aliphatic heterocycles. The fraction of sp³-hybridized carbons (Fsp3) is 0. The Morgan fingerprint density at radius 2 is 2.00 bits per heavy atom. The zero-order valence-corrected chi connectivity index (χ0v) is 8.93. The van der Waals surface area contributed by atoms with Gasteiger partial charge in [-0.2, -0.15) is 4.39 Å². The van der Waals surface area contributed by atoms with Crippen molar-refractivity contribution in [2.24, 2.45) is 0 Å². The molecule has 0 saturated heterocycles. The van der Waals surface area contributed by atoms with E-state index in [4.69, 9.17) is 28.9 Å². The van der Waals surface area contributed by atoms with Crippen LogP contribution in [-0.2, 0) is 0 Å². The maximum atomic E-state index is 12.9. The molecule has 0 spiro atoms. The molecule has 2 rings (SSSR count). The Morgan fingerprint density at radius 3 is 2.53 bits per heavy atom. The molecule has 2 aromatic rings. The molecular weight excluding hydrogens is 240 g/mol. The Bertz CT molecular complexity index is 491. The molecule has 0 amide bonds. The first-order chi connectivity index (χ1) is 7.08. The van der Waals surface area contributed by atoms with Crippen molar-refractivity contribution in [1.29, 1.82) is 0 Å². The Balaban J connectivity index is 2.49. The van der Waals surface area contributed by atoms with Crippen molar-refractivity contribution in [1.82, 2.24) is 9.78 Å². The zero-order valence-electron chi connectivity index (χ0n) is 7.42. The van der Waals surface area contributed by atoms with Crippen LogP contribution in [0.4, 0.5) is 10.1 Å². The van der Waals surface area contributed by atoms with Crippen molar-refractivity contribution >= 4 is 28.9 Å². The predicted octanol–water partition coefficient (Wildman–Crippen LogP) is 2.90. The van der Waals surface area contributed by atoms with Crippen LogP contribution in [0.5, 0.6) is 0 Å². The molecule has 0 radical (unpaired) electrons. The largest absolute Gasteiger partial charge is 0.398 e. The third-order valence-electron chi connectivity index (χ3n) is 1.88. The molecule has 1 aromatic heterocycles. The third-order valence-corrected chi connectivity index (χ3v) is 2.46. The highest BCUT2D eigenvalue weighted by Gasteiger charge is 2.07. The maximum Gasteiger partial charge on any atom is 0.251 e. The quantitative estimate of drug-likeness (QED) is 0.786. The lowest BCUT2D eigenvalue weighted by molar-refractivity contribution is 0.567. The van der Waals surface area contributed by atoms with Crippen molar-refractivity contribution < 1.29 is 4.39 Å². The summed E-state index contributed by atoms with van der Waals surface area (Å²) in [6.07, 6.45) is 1.36. The fourth-order valence-electron chi connectivity index (χ4n) is 1.12. The molecule has 78 valence electrons. The lowest BCUT2D eigenvalue weighted by Crippen LogP contribution is -1.96. The van der Waals surface area contributed by atoms with Gasteiger partial charge in [0, 0.05) is 0 Å². The first kappa shape index (κ1) is 10.3. The van der Waals surface area contributed by atoms with Crippen molar-refractivity contribution in [3.05, 3.63) is 40.4 Å². The van der Waals surface area contributed by atoms with Gasteiger partial charge in [0.2, 0.25) is 0 Å². The summed E-state index contributed by atoms with van der Waals surface area (Å²) in [6, 6.07) is 4.87. The van der Waals surface area contributed by atoms with E-state index in [9.17, 15) is 4.39 Å². The summed E-state index contributed by atoms with van der Waals surface area (Å²) in [5, 5.41) is 3.92. The average molecular weight is 246 g/mol. The van der Waals surface area contributed by atoms with Crippen LogP contribution in [0.25, 0.3) is 5.69 Å². The highest BCUT2D eigenvalue weighted by molar-refractivity contribution is 6.33. The zero-order chi connectivity index (χ0) is 11.0. The van der Waals surface area contributed by atoms with Gasteiger partial charge in [-0.1, -0.05) is 23.2 Å². The second-order valence-corrected chi connectivity index (χ2v) is 3.73. The molecule has 0 bridgehead atoms. The number of nitrogen functional groups attached to an aromatic ring is 1. The van der Waals surface area contributed by atoms with Crippen molar-refractivity contribution in [3.63, 3.8) is 0 Å². The van der Waals surface area contributed by atoms with Crippen molar-refractivity contribution in [2.45, 2.75) is 0 Å². The molecule has 6 heteroatoms. The summed E-state index contributed by atoms with van der Waals surface area (Å²) in [4.78, 5) is 0. The van der Waals surface area contributed by atoms with Gasteiger partial charge >= 0.3 is 0 Å². The SMILES string of the molecule is Nc1ccc(-n2cc(Cl)c(F)n2)cc1Cl. The first-order valence-electron chi connectivity index (χ1n) is 4.04. The number of hydrogen-bond donors (Lipinski definition) is 1. The lowest BCUT2D eigenvalue weighted by Gasteiger charge is -2.02. The molecule has 0 unspecified atom stereocenters. The van der Waals surface area contributed by atoms with Crippen LogP contribution >= 0.6 is 23.2 Å². The van der Waals surface area contributed by atoms with Gasteiger partial charge in [-0.3, -0.25) is 0 Å². The Labute approximate surface area is 95.2 Å². The molecular formula is C9H6Cl2FN3. The molecule has 0 fully saturated rings. The van der Waals surface area contributed by atoms with Crippen LogP contribution in [-0.4, -0.2) is 9.78 Å². The number of halogens is 3. The van der Waals surface area contributed by atoms with E-state index in [-0.39, 0.29) is 5.02 Å². The fourth-order valence-corrected chi connectivity index (χ4v) is 1.43. The molecule has 3 nitrogen and oxygen atoms in total. The topological polar surface area (TPSA) is 43.8 Å². The summed E-state index contributed by atoms with van der Waals surface area (Å²) in [5.41, 5.74) is 6.59. The number of nitrogens with zero attached hydrogens (tertiary/aromatic N) is 2. The molecule has 0 atom stereocenters. The minimum absolute atomic E-state index is 0.0389. The Hall–Kier alpha value is -1.26. The van der Waals surface area contributed by atoms with E-state index in [1.54, 1.807) is 18.2 Å². The third kappa shape index (κ3) is 1.91. The first-order valence-corrected chi connectivity index (χ1v) is 4.79. The van der Waals surface area contributed by atoms with Gasteiger partial charge in [-0.15, -0.1) is 5.10 Å². The molecule has 2 N–H and O–H groups in total. The van der Waals surface area contributed by atoms with E-state index in [0.717, 1.165) is 0 Å². The van der Waals surface area contributed by atoms with E-state index in [2.05, 4.69) is 5.10 Å². The minimum Gasteiger partial charge on any atom is -0.398 e. The smallest absolute Gasteiger partial charge is 0.251 e. The molecule has 15 heavy (non-hydrogen) atoms. The Kier molecular flexibility index (Phi) is 2.54. The summed E-state index contributed by atoms with van der Waals surface area (Å²) >= 11 is 11.4. The van der Waals surface area contributed by atoms with Crippen LogP contribution < -0.4 is 5.73 Å². The Morgan fingerprint density at radius 1 is 1.27 bits per heavy atom. The van der Waals surface area contributed by atoms with Gasteiger partial charge in [-0.25, -0.2) is 4.68 Å². The summed E-state index contributed by atoms with van der Waals surface area (Å²) in [6.45, 7) is 0. The standard InChI is InChI=1S/C9H6Cl2FN3/c10-6-3-5(1-2-8(6)13)15-4-7(11)9(12)14-15/h1-4H,13H2. The number of hydrogen-bond acceptors (Lipinski definition) is 2. The summed E-state index contributed by atoms with van der Waals surface area (Å²) < 4.78 is 14.2. The molecule has 1 heterocycles. The van der Waals surface area contributed by atoms with E-state index >= 15 is 0 Å². The van der Waals surface area contributed by atoms with Crippen LogP contribution in [0.3, 0.4) is 0 Å². The highest BCUT2D eigenvalue weighted by atomic mass is 35.5. The van der Waals surface area contributed by atoms with Crippen LogP contribution in [0.2, 0.25) is 10.0 Å². The van der Waals surface area contributed by atoms with E-state index in [1.807, 2.05) is 0 Å². The predicted molar refractivity (Wildman–Crippen MR) is 58.0 cm³/mol. The highest BCUT2D eigenvalue weighted by Crippen LogP contribution is 2.23. The van der Waals surface area contributed by atoms with Gasteiger partial charge in [0.25, 0.3) is 5.95 Å². The molecule has 0 aliphatic carbocycles. The van der Waals surface area contributed by atoms with Crippen LogP contribution in [0.1, 0.15) is 0 Å². The maximum absolute atomic E-state index is 12.9. The normalized spacial score (nSPS) is 10.6. The number of anilines is 1. The second-order valence-electron chi connectivity index (χ2n) is 2.92. The molecule has 0 saturated carbocycles. The number of benzene rings is 1. The van der Waals surface area contributed by atoms with Gasteiger partial charge < -0.3 is 5.73 Å². The van der Waals surface area contributed by atoms with Gasteiger partial charge in [0.1, 0.15) is 5.02 Å². The van der Waals surface area contributed by atoms with Crippen LogP contribution in [0.15, 0.2) is 24.4 Å². The second kappa shape index (κ2) is 3.72. The molecule has 1 aromatic carbocycles. The van der Waals surface area contributed by atoms with Crippen LogP contribution in [0, 0.1) is 5.95 Å². The van der Waals surface area contributed by atoms with Gasteiger partial charge in [0.05, 0.1) is 22.6 Å². The number of aromatic nitrogens is 2. The number of nitrogens with two attached hydrogens (primary N) is 1. The van der Waals surface area contributed by atoms with Crippen molar-refractivity contribution in [2.75, 3.05) is 5.73 Å². The summed E-state index contributed by atoms with van der Waals surface area (Å²) in [7, 11) is 0. The number of rotatable bonds is 1. The monoisotopic (exact) mass is 245 g/mol. The average Bonchev–Trinajstić information content (AvgIpc) is 2.52. The molecule has 0 aliphatic rings. The lowest BCUT2D eigenvalue weighted by atomic mass is 10.3. The van der Waals surface area contributed by atoms with E-state index in [0.29, 0.717) is 16.4 Å². The van der Waals surface area contributed by atoms with E-state index < -0.39 is 5.95 Å². The summed E-state index contributed by atoms with van der Waals surface area (Å²) in [5.74, 6) is -0.718. The minimum atomic E-state index is -0.718. The van der Waals surface area contributed by atoms with Gasteiger partial charge in [0.15, 0.2) is 0 Å².